The molecule has 0 aliphatic rings. The lowest BCUT2D eigenvalue weighted by Gasteiger charge is -2.32. The molecule has 2 atom stereocenters. The number of esters is 3. The van der Waals surface area contributed by atoms with E-state index in [4.69, 9.17) is 14.2 Å². The third-order valence-corrected chi connectivity index (χ3v) is 9.15. The number of hydrogen-bond acceptors (Lipinski definition) is 8. The molecule has 238 valence electrons. The van der Waals surface area contributed by atoms with E-state index in [2.05, 4.69) is 0 Å². The monoisotopic (exact) mass is 620 g/mol. The van der Waals surface area contributed by atoms with Crippen molar-refractivity contribution in [3.8, 4) is 0 Å². The van der Waals surface area contributed by atoms with Crippen LogP contribution in [0.5, 0.6) is 0 Å². The number of benzene rings is 2. The van der Waals surface area contributed by atoms with Crippen LogP contribution in [0.4, 0.5) is 4.39 Å². The molecule has 0 bridgehead atoms. The molecule has 0 aliphatic carbocycles. The highest BCUT2D eigenvalue weighted by molar-refractivity contribution is 7.92. The van der Waals surface area contributed by atoms with Crippen molar-refractivity contribution in [2.45, 2.75) is 72.3 Å². The number of alkyl halides is 1. The quantitative estimate of drug-likeness (QED) is 0.157. The molecule has 2 rings (SSSR count). The second kappa shape index (κ2) is 16.5. The molecule has 0 saturated heterocycles. The fraction of sp³-hybridized carbons (Fsp3) is 0.545. The summed E-state index contributed by atoms with van der Waals surface area (Å²) in [6.45, 7) is 7.91. The highest BCUT2D eigenvalue weighted by Crippen LogP contribution is 2.36. The van der Waals surface area contributed by atoms with Crippen molar-refractivity contribution in [3.05, 3.63) is 71.3 Å². The molecule has 2 unspecified atom stereocenters. The van der Waals surface area contributed by atoms with Gasteiger partial charge in [-0.1, -0.05) is 81.8 Å². The number of hydrogen-bond donors (Lipinski definition) is 0. The summed E-state index contributed by atoms with van der Waals surface area (Å²) in [5.74, 6) is -3.26. The van der Waals surface area contributed by atoms with Crippen molar-refractivity contribution in [2.24, 2.45) is 11.3 Å². The van der Waals surface area contributed by atoms with Crippen molar-refractivity contribution in [3.63, 3.8) is 0 Å². The fourth-order valence-corrected chi connectivity index (χ4v) is 6.99. The van der Waals surface area contributed by atoms with Crippen molar-refractivity contribution in [1.82, 2.24) is 0 Å². The fourth-order valence-electron chi connectivity index (χ4n) is 5.11. The van der Waals surface area contributed by atoms with Gasteiger partial charge in [0.1, 0.15) is 24.4 Å². The van der Waals surface area contributed by atoms with Crippen LogP contribution in [0, 0.1) is 11.3 Å². The first kappa shape index (κ1) is 35.9. The first-order valence-electron chi connectivity index (χ1n) is 14.7. The zero-order chi connectivity index (χ0) is 32.1. The van der Waals surface area contributed by atoms with E-state index >= 15 is 4.39 Å². The summed E-state index contributed by atoms with van der Waals surface area (Å²) < 4.78 is 56.0. The maximum absolute atomic E-state index is 15.2. The average molecular weight is 621 g/mol. The maximum atomic E-state index is 15.2. The standard InChI is InChI=1S/C33H45FO8S/c1-6-40-29(35)22-43(38,39)24-32(4,5)17-12-18-33(23-34,31(37)42-21-26-13-9-8-10-14-26)28-16-11-15-27(20-28)19-25(3)30(36)41-7-2/h8-11,13-16,20,25H,6-7,12,17-19,21-24H2,1-5H3. The molecule has 2 aromatic rings. The third kappa shape index (κ3) is 11.4. The number of halogens is 1. The second-order valence-electron chi connectivity index (χ2n) is 11.7. The van der Waals surface area contributed by atoms with E-state index in [1.54, 1.807) is 65.0 Å². The summed E-state index contributed by atoms with van der Waals surface area (Å²) in [5, 5.41) is 0. The van der Waals surface area contributed by atoms with E-state index in [1.807, 2.05) is 24.3 Å². The smallest absolute Gasteiger partial charge is 0.321 e. The Bertz CT molecular complexity index is 1310. The highest BCUT2D eigenvalue weighted by atomic mass is 32.2. The molecule has 0 radical (unpaired) electrons. The van der Waals surface area contributed by atoms with Crippen LogP contribution >= 0.6 is 0 Å². The van der Waals surface area contributed by atoms with Gasteiger partial charge >= 0.3 is 17.9 Å². The molecule has 8 nitrogen and oxygen atoms in total. The second-order valence-corrected chi connectivity index (χ2v) is 13.8. The Morgan fingerprint density at radius 3 is 2.16 bits per heavy atom. The molecular formula is C33H45FO8S. The predicted molar refractivity (Wildman–Crippen MR) is 163 cm³/mol. The summed E-state index contributed by atoms with van der Waals surface area (Å²) >= 11 is 0. The Hall–Kier alpha value is -3.27. The predicted octanol–water partition coefficient (Wildman–Crippen LogP) is 5.55. The topological polar surface area (TPSA) is 113 Å². The molecule has 10 heteroatoms. The lowest BCUT2D eigenvalue weighted by molar-refractivity contribution is -0.153. The highest BCUT2D eigenvalue weighted by Gasteiger charge is 2.43. The number of sulfone groups is 1. The molecular weight excluding hydrogens is 575 g/mol. The van der Waals surface area contributed by atoms with E-state index in [-0.39, 0.29) is 38.0 Å². The van der Waals surface area contributed by atoms with Gasteiger partial charge in [-0.05, 0) is 55.2 Å². The molecule has 0 spiro atoms. The van der Waals surface area contributed by atoms with Gasteiger partial charge in [0, 0.05) is 0 Å². The van der Waals surface area contributed by atoms with Gasteiger partial charge in [0.25, 0.3) is 0 Å². The van der Waals surface area contributed by atoms with Gasteiger partial charge in [-0.3, -0.25) is 14.4 Å². The van der Waals surface area contributed by atoms with Crippen molar-refractivity contribution < 1.29 is 41.4 Å². The number of ether oxygens (including phenoxy) is 3. The van der Waals surface area contributed by atoms with Crippen molar-refractivity contribution in [2.75, 3.05) is 31.4 Å². The summed E-state index contributed by atoms with van der Waals surface area (Å²) in [5.41, 5.74) is -0.462. The van der Waals surface area contributed by atoms with Crippen LogP contribution in [0.3, 0.4) is 0 Å². The average Bonchev–Trinajstić information content (AvgIpc) is 2.94. The van der Waals surface area contributed by atoms with Crippen molar-refractivity contribution in [1.29, 1.82) is 0 Å². The minimum Gasteiger partial charge on any atom is -0.466 e. The summed E-state index contributed by atoms with van der Waals surface area (Å²) in [6.07, 6.45) is 1.08. The van der Waals surface area contributed by atoms with Gasteiger partial charge in [0.05, 0.1) is 24.9 Å². The van der Waals surface area contributed by atoms with E-state index in [0.29, 0.717) is 24.8 Å². The number of rotatable bonds is 18. The van der Waals surface area contributed by atoms with Gasteiger partial charge in [0.2, 0.25) is 0 Å². The normalized spacial score (nSPS) is 13.9. The van der Waals surface area contributed by atoms with E-state index in [1.165, 1.54) is 0 Å². The largest absolute Gasteiger partial charge is 0.466 e. The van der Waals surface area contributed by atoms with E-state index in [9.17, 15) is 22.8 Å². The van der Waals surface area contributed by atoms with Crippen LogP contribution in [0.25, 0.3) is 0 Å². The van der Waals surface area contributed by atoms with Gasteiger partial charge in [-0.2, -0.15) is 0 Å². The lowest BCUT2D eigenvalue weighted by Crippen LogP contribution is -2.40. The summed E-state index contributed by atoms with van der Waals surface area (Å²) in [7, 11) is -3.75. The van der Waals surface area contributed by atoms with Crippen LogP contribution in [0.2, 0.25) is 0 Å². The van der Waals surface area contributed by atoms with Crippen LogP contribution < -0.4 is 0 Å². The first-order chi connectivity index (χ1) is 20.3. The molecule has 0 N–H and O–H groups in total. The number of carbonyl (C=O) groups excluding carboxylic acids is 3. The molecule has 0 aliphatic heterocycles. The Balaban J connectivity index is 2.30. The molecule has 0 heterocycles. The van der Waals surface area contributed by atoms with Crippen molar-refractivity contribution >= 4 is 27.7 Å². The SMILES string of the molecule is CCOC(=O)CS(=O)(=O)CC(C)(C)CCCC(CF)(C(=O)OCc1ccccc1)c1cccc(CC(C)C(=O)OCC)c1. The summed E-state index contributed by atoms with van der Waals surface area (Å²) in [4.78, 5) is 37.7. The van der Waals surface area contributed by atoms with Gasteiger partial charge in [-0.15, -0.1) is 0 Å². The first-order valence-corrected chi connectivity index (χ1v) is 16.5. The Morgan fingerprint density at radius 1 is 0.884 bits per heavy atom. The zero-order valence-corrected chi connectivity index (χ0v) is 26.7. The Kier molecular flexibility index (Phi) is 13.8. The molecule has 43 heavy (non-hydrogen) atoms. The zero-order valence-electron chi connectivity index (χ0n) is 25.9. The van der Waals surface area contributed by atoms with Gasteiger partial charge in [0.15, 0.2) is 9.84 Å². The van der Waals surface area contributed by atoms with E-state index in [0.717, 1.165) is 11.1 Å². The molecule has 0 fully saturated rings. The Morgan fingerprint density at radius 2 is 1.53 bits per heavy atom. The minimum atomic E-state index is -3.75. The van der Waals surface area contributed by atoms with Gasteiger partial charge in [-0.25, -0.2) is 12.8 Å². The van der Waals surface area contributed by atoms with Crippen LogP contribution in [0.1, 0.15) is 70.6 Å². The molecule has 0 amide bonds. The lowest BCUT2D eigenvalue weighted by atomic mass is 9.75. The minimum absolute atomic E-state index is 0.0292. The Labute approximate surface area is 255 Å². The van der Waals surface area contributed by atoms with Crippen LogP contribution in [-0.4, -0.2) is 57.7 Å². The van der Waals surface area contributed by atoms with Crippen LogP contribution in [-0.2, 0) is 56.9 Å². The molecule has 0 aromatic heterocycles. The molecule has 2 aromatic carbocycles. The number of carbonyl (C=O) groups is 3. The molecule has 0 saturated carbocycles. The third-order valence-electron chi connectivity index (χ3n) is 7.25. The summed E-state index contributed by atoms with van der Waals surface area (Å²) in [6, 6.07) is 16.0. The van der Waals surface area contributed by atoms with E-state index < -0.39 is 51.0 Å². The van der Waals surface area contributed by atoms with Crippen LogP contribution in [0.15, 0.2) is 54.6 Å². The maximum Gasteiger partial charge on any atom is 0.321 e. The van der Waals surface area contributed by atoms with Gasteiger partial charge < -0.3 is 14.2 Å².